The van der Waals surface area contributed by atoms with Crippen LogP contribution >= 0.6 is 0 Å². The zero-order valence-electron chi connectivity index (χ0n) is 8.44. The Morgan fingerprint density at radius 1 is 1.33 bits per heavy atom. The van der Waals surface area contributed by atoms with Crippen LogP contribution in [-0.4, -0.2) is 30.7 Å². The molecule has 0 spiro atoms. The molecule has 1 aliphatic heterocycles. The highest BCUT2D eigenvalue weighted by atomic mass is 19.1. The van der Waals surface area contributed by atoms with Crippen molar-refractivity contribution in [3.8, 4) is 0 Å². The predicted octanol–water partition coefficient (Wildman–Crippen LogP) is 2.47. The van der Waals surface area contributed by atoms with Crippen LogP contribution in [0.1, 0.15) is 33.6 Å². The molecule has 0 aromatic heterocycles. The third-order valence-corrected chi connectivity index (χ3v) is 2.31. The molecule has 0 atom stereocenters. The molecule has 1 heterocycles. The van der Waals surface area contributed by atoms with Gasteiger partial charge in [0.05, 0.1) is 0 Å². The fraction of sp³-hybridized carbons (Fsp3) is 1.00. The third-order valence-electron chi connectivity index (χ3n) is 2.31. The maximum absolute atomic E-state index is 12.4. The van der Waals surface area contributed by atoms with E-state index in [1.165, 1.54) is 12.8 Å². The van der Waals surface area contributed by atoms with Crippen LogP contribution in [0.3, 0.4) is 0 Å². The summed E-state index contributed by atoms with van der Waals surface area (Å²) in [5.74, 6) is 0. The van der Waals surface area contributed by atoms with Crippen LogP contribution in [0.5, 0.6) is 0 Å². The summed E-state index contributed by atoms with van der Waals surface area (Å²) in [6.45, 7) is 9.18. The molecule has 1 saturated heterocycles. The van der Waals surface area contributed by atoms with E-state index in [-0.39, 0.29) is 0 Å². The van der Waals surface area contributed by atoms with Crippen LogP contribution in [0, 0.1) is 5.41 Å². The van der Waals surface area contributed by atoms with Gasteiger partial charge in [-0.05, 0) is 24.8 Å². The van der Waals surface area contributed by atoms with Crippen molar-refractivity contribution in [2.24, 2.45) is 5.41 Å². The van der Waals surface area contributed by atoms with E-state index in [0.717, 1.165) is 6.54 Å². The van der Waals surface area contributed by atoms with Crippen molar-refractivity contribution in [3.05, 3.63) is 0 Å². The third kappa shape index (κ3) is 3.53. The van der Waals surface area contributed by atoms with E-state index < -0.39 is 6.17 Å². The van der Waals surface area contributed by atoms with E-state index in [4.69, 9.17) is 0 Å². The highest BCUT2D eigenvalue weighted by Gasteiger charge is 2.25. The molecule has 0 N–H and O–H groups in total. The van der Waals surface area contributed by atoms with Gasteiger partial charge in [-0.1, -0.05) is 20.8 Å². The highest BCUT2D eigenvalue weighted by molar-refractivity contribution is 4.79. The van der Waals surface area contributed by atoms with Gasteiger partial charge in [-0.15, -0.1) is 0 Å². The van der Waals surface area contributed by atoms with Crippen molar-refractivity contribution < 1.29 is 4.39 Å². The first kappa shape index (κ1) is 9.97. The van der Waals surface area contributed by atoms with Gasteiger partial charge in [0.1, 0.15) is 6.17 Å². The lowest BCUT2D eigenvalue weighted by Crippen LogP contribution is -2.48. The molecule has 0 aliphatic carbocycles. The fourth-order valence-corrected chi connectivity index (χ4v) is 1.52. The Morgan fingerprint density at radius 2 is 1.92 bits per heavy atom. The van der Waals surface area contributed by atoms with E-state index >= 15 is 0 Å². The Bertz CT molecular complexity index is 133. The summed E-state index contributed by atoms with van der Waals surface area (Å²) in [7, 11) is 0. The van der Waals surface area contributed by atoms with E-state index in [1.54, 1.807) is 0 Å². The molecule has 1 aliphatic rings. The van der Waals surface area contributed by atoms with Crippen molar-refractivity contribution in [1.29, 1.82) is 0 Å². The quantitative estimate of drug-likeness (QED) is 0.633. The molecule has 0 unspecified atom stereocenters. The number of halogens is 1. The number of nitrogens with zero attached hydrogens (tertiary/aromatic N) is 1. The second-order valence-corrected chi connectivity index (χ2v) is 5.02. The Labute approximate surface area is 74.9 Å². The Balaban J connectivity index is 1.97. The van der Waals surface area contributed by atoms with Crippen molar-refractivity contribution in [2.45, 2.75) is 39.8 Å². The molecule has 1 rings (SSSR count). The average molecular weight is 173 g/mol. The number of alkyl halides is 1. The minimum atomic E-state index is -0.542. The van der Waals surface area contributed by atoms with Gasteiger partial charge >= 0.3 is 0 Å². The van der Waals surface area contributed by atoms with Gasteiger partial charge in [0, 0.05) is 13.1 Å². The second-order valence-electron chi connectivity index (χ2n) is 5.02. The van der Waals surface area contributed by atoms with Crippen LogP contribution in [-0.2, 0) is 0 Å². The molecule has 72 valence electrons. The van der Waals surface area contributed by atoms with E-state index in [0.29, 0.717) is 18.5 Å². The van der Waals surface area contributed by atoms with Gasteiger partial charge in [0.2, 0.25) is 0 Å². The van der Waals surface area contributed by atoms with Crippen molar-refractivity contribution >= 4 is 0 Å². The SMILES string of the molecule is CC(C)(C)CCCN1CC(F)C1. The first-order chi connectivity index (χ1) is 5.47. The normalized spacial score (nSPS) is 21.0. The Morgan fingerprint density at radius 3 is 2.33 bits per heavy atom. The van der Waals surface area contributed by atoms with Crippen LogP contribution in [0.15, 0.2) is 0 Å². The lowest BCUT2D eigenvalue weighted by Gasteiger charge is -2.34. The monoisotopic (exact) mass is 173 g/mol. The number of rotatable bonds is 3. The minimum absolute atomic E-state index is 0.431. The summed E-state index contributed by atoms with van der Waals surface area (Å²) in [6, 6.07) is 0. The molecule has 0 amide bonds. The van der Waals surface area contributed by atoms with Crippen LogP contribution < -0.4 is 0 Å². The smallest absolute Gasteiger partial charge is 0.125 e. The van der Waals surface area contributed by atoms with E-state index in [1.807, 2.05) is 0 Å². The molecule has 12 heavy (non-hydrogen) atoms. The summed E-state index contributed by atoms with van der Waals surface area (Å²) in [5, 5.41) is 0. The molecule has 1 nitrogen and oxygen atoms in total. The van der Waals surface area contributed by atoms with Gasteiger partial charge in [-0.2, -0.15) is 0 Å². The van der Waals surface area contributed by atoms with Gasteiger partial charge in [-0.25, -0.2) is 4.39 Å². The molecule has 0 aromatic rings. The zero-order valence-corrected chi connectivity index (χ0v) is 8.44. The standard InChI is InChI=1S/C10H20FN/c1-10(2,3)5-4-6-12-7-9(11)8-12/h9H,4-8H2,1-3H3. The lowest BCUT2D eigenvalue weighted by molar-refractivity contribution is 0.0621. The summed E-state index contributed by atoms with van der Waals surface area (Å²) in [5.41, 5.74) is 0.431. The number of hydrogen-bond donors (Lipinski definition) is 0. The van der Waals surface area contributed by atoms with Crippen LogP contribution in [0.2, 0.25) is 0 Å². The first-order valence-corrected chi connectivity index (χ1v) is 4.84. The topological polar surface area (TPSA) is 3.24 Å². The zero-order chi connectivity index (χ0) is 9.19. The molecular formula is C10H20FN. The summed E-state index contributed by atoms with van der Waals surface area (Å²) >= 11 is 0. The Hall–Kier alpha value is -0.110. The maximum atomic E-state index is 12.4. The molecule has 2 heteroatoms. The average Bonchev–Trinajstić information content (AvgIpc) is 1.81. The number of likely N-dealkylation sites (tertiary alicyclic amines) is 1. The van der Waals surface area contributed by atoms with Gasteiger partial charge in [0.25, 0.3) is 0 Å². The summed E-state index contributed by atoms with van der Waals surface area (Å²) in [6.07, 6.45) is 1.90. The second kappa shape index (κ2) is 3.73. The number of hydrogen-bond acceptors (Lipinski definition) is 1. The minimum Gasteiger partial charge on any atom is -0.297 e. The van der Waals surface area contributed by atoms with Gasteiger partial charge < -0.3 is 0 Å². The first-order valence-electron chi connectivity index (χ1n) is 4.84. The lowest BCUT2D eigenvalue weighted by atomic mass is 9.90. The maximum Gasteiger partial charge on any atom is 0.125 e. The highest BCUT2D eigenvalue weighted by Crippen LogP contribution is 2.21. The molecular weight excluding hydrogens is 153 g/mol. The largest absolute Gasteiger partial charge is 0.297 e. The summed E-state index contributed by atoms with van der Waals surface area (Å²) in [4.78, 5) is 2.19. The van der Waals surface area contributed by atoms with Crippen LogP contribution in [0.25, 0.3) is 0 Å². The molecule has 0 saturated carbocycles. The molecule has 0 radical (unpaired) electrons. The fourth-order valence-electron chi connectivity index (χ4n) is 1.52. The molecule has 0 aromatic carbocycles. The Kier molecular flexibility index (Phi) is 3.10. The van der Waals surface area contributed by atoms with Gasteiger partial charge in [-0.3, -0.25) is 4.90 Å². The molecule has 0 bridgehead atoms. The van der Waals surface area contributed by atoms with Crippen molar-refractivity contribution in [1.82, 2.24) is 4.90 Å². The van der Waals surface area contributed by atoms with Gasteiger partial charge in [0.15, 0.2) is 0 Å². The van der Waals surface area contributed by atoms with E-state index in [2.05, 4.69) is 25.7 Å². The van der Waals surface area contributed by atoms with E-state index in [9.17, 15) is 4.39 Å². The van der Waals surface area contributed by atoms with Crippen molar-refractivity contribution in [2.75, 3.05) is 19.6 Å². The summed E-state index contributed by atoms with van der Waals surface area (Å²) < 4.78 is 12.4. The molecule has 1 fully saturated rings. The van der Waals surface area contributed by atoms with Crippen LogP contribution in [0.4, 0.5) is 4.39 Å². The predicted molar refractivity (Wildman–Crippen MR) is 50.0 cm³/mol. The van der Waals surface area contributed by atoms with Crippen molar-refractivity contribution in [3.63, 3.8) is 0 Å².